The van der Waals surface area contributed by atoms with Crippen LogP contribution in [0, 0.1) is 0 Å². The molecule has 0 atom stereocenters. The minimum Gasteiger partial charge on any atom is -0.497 e. The number of ether oxygens (including phenoxy) is 1. The summed E-state index contributed by atoms with van der Waals surface area (Å²) < 4.78 is 38.7. The maximum Gasteiger partial charge on any atom is 0.251 e. The number of sulfonamides is 1. The van der Waals surface area contributed by atoms with Crippen molar-refractivity contribution in [1.82, 2.24) is 14.4 Å². The molecule has 4 rings (SSSR count). The van der Waals surface area contributed by atoms with Crippen LogP contribution in [0.2, 0.25) is 0 Å². The second-order valence-corrected chi connectivity index (χ2v) is 12.3. The highest BCUT2D eigenvalue weighted by Gasteiger charge is 2.25. The summed E-state index contributed by atoms with van der Waals surface area (Å²) in [5.41, 5.74) is 2.08. The number of fused-ring (bicyclic) bond motifs is 1. The smallest absolute Gasteiger partial charge is 0.251 e. The SMILES string of the molecule is COc1ccc(-c2ccc(C(=O)NCCCNc3nsc4c(S(=O)(=O)NC(C)(C)C)cccc34)cc2)cc1. The van der Waals surface area contributed by atoms with Gasteiger partial charge in [0.15, 0.2) is 0 Å². The lowest BCUT2D eigenvalue weighted by atomic mass is 10.0. The van der Waals surface area contributed by atoms with Gasteiger partial charge in [-0.2, -0.15) is 4.37 Å². The highest BCUT2D eigenvalue weighted by molar-refractivity contribution is 7.90. The number of anilines is 1. The highest BCUT2D eigenvalue weighted by Crippen LogP contribution is 2.32. The van der Waals surface area contributed by atoms with Crippen LogP contribution in [0.1, 0.15) is 37.6 Å². The average Bonchev–Trinajstić information content (AvgIpc) is 3.30. The van der Waals surface area contributed by atoms with Crippen molar-refractivity contribution < 1.29 is 17.9 Å². The topological polar surface area (TPSA) is 109 Å². The minimum absolute atomic E-state index is 0.133. The average molecular weight is 553 g/mol. The molecule has 1 amide bonds. The molecule has 0 aliphatic carbocycles. The fraction of sp³-hybridized carbons (Fsp3) is 0.286. The van der Waals surface area contributed by atoms with Gasteiger partial charge in [-0.15, -0.1) is 0 Å². The van der Waals surface area contributed by atoms with Crippen LogP contribution in [-0.4, -0.2) is 44.4 Å². The van der Waals surface area contributed by atoms with E-state index in [1.54, 1.807) is 40.0 Å². The van der Waals surface area contributed by atoms with Crippen LogP contribution in [0.4, 0.5) is 5.82 Å². The molecule has 0 radical (unpaired) electrons. The molecule has 0 saturated heterocycles. The molecular weight excluding hydrogens is 520 g/mol. The number of aromatic nitrogens is 1. The lowest BCUT2D eigenvalue weighted by Gasteiger charge is -2.20. The van der Waals surface area contributed by atoms with Crippen molar-refractivity contribution >= 4 is 43.4 Å². The van der Waals surface area contributed by atoms with Gasteiger partial charge < -0.3 is 15.4 Å². The van der Waals surface area contributed by atoms with Crippen LogP contribution in [0.3, 0.4) is 0 Å². The predicted octanol–water partition coefficient (Wildman–Crippen LogP) is 5.28. The monoisotopic (exact) mass is 552 g/mol. The summed E-state index contributed by atoms with van der Waals surface area (Å²) >= 11 is 1.15. The maximum absolute atomic E-state index is 12.9. The Bertz CT molecular complexity index is 1510. The third-order valence-electron chi connectivity index (χ3n) is 5.69. The molecule has 0 spiro atoms. The van der Waals surface area contributed by atoms with E-state index in [9.17, 15) is 13.2 Å². The Kier molecular flexibility index (Phi) is 8.35. The first-order valence-corrected chi connectivity index (χ1v) is 14.5. The Labute approximate surface area is 227 Å². The van der Waals surface area contributed by atoms with Crippen LogP contribution in [0.25, 0.3) is 21.2 Å². The Morgan fingerprint density at radius 1 is 0.947 bits per heavy atom. The fourth-order valence-corrected chi connectivity index (χ4v) is 6.67. The summed E-state index contributed by atoms with van der Waals surface area (Å²) in [6.45, 7) is 6.48. The zero-order valence-electron chi connectivity index (χ0n) is 21.9. The van der Waals surface area contributed by atoms with E-state index in [4.69, 9.17) is 4.74 Å². The number of hydrogen-bond acceptors (Lipinski definition) is 7. The Balaban J connectivity index is 1.29. The summed E-state index contributed by atoms with van der Waals surface area (Å²) in [7, 11) is -2.04. The van der Waals surface area contributed by atoms with E-state index in [1.807, 2.05) is 54.6 Å². The minimum atomic E-state index is -3.68. The summed E-state index contributed by atoms with van der Waals surface area (Å²) in [4.78, 5) is 12.8. The number of benzene rings is 3. The largest absolute Gasteiger partial charge is 0.497 e. The van der Waals surface area contributed by atoms with Crippen LogP contribution >= 0.6 is 11.5 Å². The maximum atomic E-state index is 12.9. The number of rotatable bonds is 10. The quantitative estimate of drug-likeness (QED) is 0.231. The van der Waals surface area contributed by atoms with Crippen molar-refractivity contribution in [2.75, 3.05) is 25.5 Å². The lowest BCUT2D eigenvalue weighted by Crippen LogP contribution is -2.40. The van der Waals surface area contributed by atoms with E-state index in [0.717, 1.165) is 33.8 Å². The van der Waals surface area contributed by atoms with Gasteiger partial charge in [0.2, 0.25) is 10.0 Å². The third-order valence-corrected chi connectivity index (χ3v) is 8.52. The van der Waals surface area contributed by atoms with E-state index in [-0.39, 0.29) is 10.8 Å². The van der Waals surface area contributed by atoms with E-state index in [1.165, 1.54) is 0 Å². The zero-order chi connectivity index (χ0) is 27.3. The predicted molar refractivity (Wildman–Crippen MR) is 154 cm³/mol. The molecule has 0 bridgehead atoms. The molecule has 3 aromatic carbocycles. The van der Waals surface area contributed by atoms with Crippen LogP contribution in [-0.2, 0) is 10.0 Å². The van der Waals surface area contributed by atoms with Crippen LogP contribution in [0.5, 0.6) is 5.75 Å². The zero-order valence-corrected chi connectivity index (χ0v) is 23.5. The standard InChI is InChI=1S/C28H32N4O4S2/c1-28(2,3)32-38(34,35)24-8-5-7-23-25(24)37-31-26(23)29-17-6-18-30-27(33)21-11-9-19(10-12-21)20-13-15-22(36-4)16-14-20/h5,7-16,32H,6,17-18H2,1-4H3,(H,29,31)(H,30,33). The van der Waals surface area contributed by atoms with Gasteiger partial charge in [-0.1, -0.05) is 30.3 Å². The van der Waals surface area contributed by atoms with Crippen molar-refractivity contribution in [2.24, 2.45) is 0 Å². The van der Waals surface area contributed by atoms with E-state index in [2.05, 4.69) is 19.7 Å². The second-order valence-electron chi connectivity index (χ2n) is 9.86. The molecule has 38 heavy (non-hydrogen) atoms. The molecule has 0 fully saturated rings. The molecule has 4 aromatic rings. The van der Waals surface area contributed by atoms with Crippen LogP contribution in [0.15, 0.2) is 71.6 Å². The van der Waals surface area contributed by atoms with Gasteiger partial charge in [0.05, 0.1) is 11.8 Å². The molecule has 1 heterocycles. The summed E-state index contributed by atoms with van der Waals surface area (Å²) in [5.74, 6) is 1.30. The molecule has 0 aliphatic heterocycles. The fourth-order valence-electron chi connectivity index (χ4n) is 3.93. The summed E-state index contributed by atoms with van der Waals surface area (Å²) in [5, 5.41) is 6.96. The van der Waals surface area contributed by atoms with Gasteiger partial charge in [0, 0.05) is 29.6 Å². The first-order chi connectivity index (χ1) is 18.1. The number of methoxy groups -OCH3 is 1. The Morgan fingerprint density at radius 2 is 1.61 bits per heavy atom. The first kappa shape index (κ1) is 27.6. The number of nitrogens with zero attached hydrogens (tertiary/aromatic N) is 1. The molecule has 8 nitrogen and oxygen atoms in total. The molecule has 3 N–H and O–H groups in total. The molecule has 200 valence electrons. The van der Waals surface area contributed by atoms with E-state index in [0.29, 0.717) is 35.6 Å². The van der Waals surface area contributed by atoms with Gasteiger partial charge in [-0.25, -0.2) is 13.1 Å². The molecular formula is C28H32N4O4S2. The number of carbonyl (C=O) groups is 1. The van der Waals surface area contributed by atoms with Crippen molar-refractivity contribution in [1.29, 1.82) is 0 Å². The van der Waals surface area contributed by atoms with Gasteiger partial charge >= 0.3 is 0 Å². The summed E-state index contributed by atoms with van der Waals surface area (Å²) in [6, 6.07) is 20.4. The Morgan fingerprint density at radius 3 is 2.24 bits per heavy atom. The van der Waals surface area contributed by atoms with E-state index >= 15 is 0 Å². The van der Waals surface area contributed by atoms with Crippen LogP contribution < -0.4 is 20.1 Å². The number of nitrogens with one attached hydrogen (secondary N) is 3. The van der Waals surface area contributed by atoms with Crippen molar-refractivity contribution in [2.45, 2.75) is 37.6 Å². The number of hydrogen-bond donors (Lipinski definition) is 3. The molecule has 0 saturated carbocycles. The molecule has 10 heteroatoms. The van der Waals surface area contributed by atoms with E-state index < -0.39 is 15.6 Å². The van der Waals surface area contributed by atoms with Gasteiger partial charge in [-0.3, -0.25) is 4.79 Å². The first-order valence-electron chi connectivity index (χ1n) is 12.3. The van der Waals surface area contributed by atoms with Gasteiger partial charge in [0.1, 0.15) is 16.5 Å². The van der Waals surface area contributed by atoms with Crippen molar-refractivity contribution in [3.05, 3.63) is 72.3 Å². The highest BCUT2D eigenvalue weighted by atomic mass is 32.2. The van der Waals surface area contributed by atoms with Gasteiger partial charge in [-0.05, 0) is 86.2 Å². The third kappa shape index (κ3) is 6.69. The van der Waals surface area contributed by atoms with Gasteiger partial charge in [0.25, 0.3) is 5.91 Å². The molecule has 0 aliphatic rings. The Hall–Kier alpha value is -3.47. The normalized spacial score (nSPS) is 11.9. The van der Waals surface area contributed by atoms with Crippen molar-refractivity contribution in [3.8, 4) is 16.9 Å². The molecule has 1 aromatic heterocycles. The second kappa shape index (κ2) is 11.5. The molecule has 0 unspecified atom stereocenters. The number of amides is 1. The number of carbonyl (C=O) groups excluding carboxylic acids is 1. The summed E-state index contributed by atoms with van der Waals surface area (Å²) in [6.07, 6.45) is 0.679. The lowest BCUT2D eigenvalue weighted by molar-refractivity contribution is 0.0953. The van der Waals surface area contributed by atoms with Crippen molar-refractivity contribution in [3.63, 3.8) is 0 Å².